The van der Waals surface area contributed by atoms with E-state index in [9.17, 15) is 4.79 Å². The molecule has 0 spiro atoms. The first kappa shape index (κ1) is 13.5. The number of rotatable bonds is 3. The Hall–Kier alpha value is -2.43. The molecule has 1 N–H and O–H groups in total. The molecule has 2 aromatic rings. The number of carbonyl (C=O) groups is 1. The lowest BCUT2D eigenvalue weighted by Gasteiger charge is -2.26. The van der Waals surface area contributed by atoms with E-state index in [1.807, 2.05) is 44.2 Å². The Morgan fingerprint density at radius 2 is 2.00 bits per heavy atom. The second-order valence-electron chi connectivity index (χ2n) is 5.04. The van der Waals surface area contributed by atoms with Crippen LogP contribution in [0.4, 0.5) is 0 Å². The molecule has 2 atom stereocenters. The first-order chi connectivity index (χ1) is 10.1. The molecular formula is C16H17NO4. The van der Waals surface area contributed by atoms with Gasteiger partial charge in [-0.15, -0.1) is 0 Å². The van der Waals surface area contributed by atoms with E-state index in [2.05, 4.69) is 5.32 Å². The summed E-state index contributed by atoms with van der Waals surface area (Å²) in [6.07, 6.45) is -0.654. The van der Waals surface area contributed by atoms with Crippen molar-refractivity contribution in [3.8, 4) is 11.5 Å². The number of ether oxygens (including phenoxy) is 2. The number of amides is 1. The molecule has 5 heteroatoms. The molecule has 110 valence electrons. The lowest BCUT2D eigenvalue weighted by Crippen LogP contribution is -2.44. The molecule has 1 aromatic heterocycles. The van der Waals surface area contributed by atoms with Crippen molar-refractivity contribution in [2.45, 2.75) is 26.0 Å². The summed E-state index contributed by atoms with van der Waals surface area (Å²) in [7, 11) is 0. The van der Waals surface area contributed by atoms with Gasteiger partial charge in [-0.1, -0.05) is 12.1 Å². The second kappa shape index (κ2) is 5.52. The van der Waals surface area contributed by atoms with Crippen LogP contribution in [0.15, 0.2) is 40.8 Å². The predicted octanol–water partition coefficient (Wildman–Crippen LogP) is 2.61. The maximum absolute atomic E-state index is 12.2. The topological polar surface area (TPSA) is 60.7 Å². The Morgan fingerprint density at radius 3 is 2.71 bits per heavy atom. The number of furan rings is 1. The molecule has 0 aliphatic carbocycles. The van der Waals surface area contributed by atoms with Crippen molar-refractivity contribution in [1.29, 1.82) is 0 Å². The van der Waals surface area contributed by atoms with Crippen molar-refractivity contribution in [2.75, 3.05) is 6.61 Å². The molecule has 5 nitrogen and oxygen atoms in total. The maximum Gasteiger partial charge on any atom is 0.265 e. The highest BCUT2D eigenvalue weighted by Crippen LogP contribution is 2.31. The first-order valence-corrected chi connectivity index (χ1v) is 6.88. The van der Waals surface area contributed by atoms with Crippen molar-refractivity contribution < 1.29 is 18.7 Å². The molecule has 1 aliphatic rings. The van der Waals surface area contributed by atoms with Crippen LogP contribution in [0.3, 0.4) is 0 Å². The SMILES string of the molecule is Cc1ccc([C@@H](C)NC(=O)[C@@H]2COc3ccccc3O2)o1. The van der Waals surface area contributed by atoms with Crippen LogP contribution in [-0.2, 0) is 4.79 Å². The predicted molar refractivity (Wildman–Crippen MR) is 76.4 cm³/mol. The Morgan fingerprint density at radius 1 is 1.24 bits per heavy atom. The maximum atomic E-state index is 12.2. The number of hydrogen-bond acceptors (Lipinski definition) is 4. The fourth-order valence-corrected chi connectivity index (χ4v) is 2.21. The molecular weight excluding hydrogens is 270 g/mol. The van der Waals surface area contributed by atoms with Gasteiger partial charge < -0.3 is 19.2 Å². The normalized spacial score (nSPS) is 18.1. The summed E-state index contributed by atoms with van der Waals surface area (Å²) in [4.78, 5) is 12.2. The fourth-order valence-electron chi connectivity index (χ4n) is 2.21. The highest BCUT2D eigenvalue weighted by molar-refractivity contribution is 5.82. The summed E-state index contributed by atoms with van der Waals surface area (Å²) in [6.45, 7) is 3.94. The number of benzene rings is 1. The number of aryl methyl sites for hydroxylation is 1. The van der Waals surface area contributed by atoms with Gasteiger partial charge in [-0.2, -0.15) is 0 Å². The third kappa shape index (κ3) is 2.86. The van der Waals surface area contributed by atoms with Gasteiger partial charge >= 0.3 is 0 Å². The van der Waals surface area contributed by atoms with Gasteiger partial charge in [0.15, 0.2) is 11.5 Å². The summed E-state index contributed by atoms with van der Waals surface area (Å²) in [6, 6.07) is 10.8. The number of fused-ring (bicyclic) bond motifs is 1. The lowest BCUT2D eigenvalue weighted by molar-refractivity contribution is -0.131. The van der Waals surface area contributed by atoms with Gasteiger partial charge in [-0.05, 0) is 38.1 Å². The summed E-state index contributed by atoms with van der Waals surface area (Å²) in [5.41, 5.74) is 0. The van der Waals surface area contributed by atoms with Crippen LogP contribution in [0.2, 0.25) is 0 Å². The zero-order valence-electron chi connectivity index (χ0n) is 12.0. The Labute approximate surface area is 122 Å². The van der Waals surface area contributed by atoms with Crippen molar-refractivity contribution in [3.63, 3.8) is 0 Å². The van der Waals surface area contributed by atoms with Crippen molar-refractivity contribution >= 4 is 5.91 Å². The average molecular weight is 287 g/mol. The number of nitrogens with one attached hydrogen (secondary N) is 1. The van der Waals surface area contributed by atoms with Gasteiger partial charge in [0.2, 0.25) is 6.10 Å². The molecule has 1 aromatic carbocycles. The molecule has 0 fully saturated rings. The minimum Gasteiger partial charge on any atom is -0.485 e. The highest BCUT2D eigenvalue weighted by Gasteiger charge is 2.28. The van der Waals surface area contributed by atoms with E-state index < -0.39 is 6.10 Å². The molecule has 0 radical (unpaired) electrons. The summed E-state index contributed by atoms with van der Waals surface area (Å²) in [5, 5.41) is 2.87. The van der Waals surface area contributed by atoms with Gasteiger partial charge in [0.05, 0.1) is 6.04 Å². The third-order valence-electron chi connectivity index (χ3n) is 3.35. The van der Waals surface area contributed by atoms with E-state index in [0.717, 1.165) is 11.5 Å². The number of carbonyl (C=O) groups excluding carboxylic acids is 1. The minimum atomic E-state index is -0.654. The van der Waals surface area contributed by atoms with Gasteiger partial charge in [0.1, 0.15) is 18.1 Å². The van der Waals surface area contributed by atoms with Crippen LogP contribution in [0.1, 0.15) is 24.5 Å². The number of hydrogen-bond donors (Lipinski definition) is 1. The molecule has 0 saturated heterocycles. The monoisotopic (exact) mass is 287 g/mol. The Kier molecular flexibility index (Phi) is 3.56. The van der Waals surface area contributed by atoms with Crippen LogP contribution in [0, 0.1) is 6.92 Å². The van der Waals surface area contributed by atoms with E-state index in [-0.39, 0.29) is 18.6 Å². The van der Waals surface area contributed by atoms with Gasteiger partial charge in [0.25, 0.3) is 5.91 Å². The fraction of sp³-hybridized carbons (Fsp3) is 0.312. The number of para-hydroxylation sites is 2. The van der Waals surface area contributed by atoms with E-state index in [1.165, 1.54) is 0 Å². The van der Waals surface area contributed by atoms with Crippen LogP contribution in [0.25, 0.3) is 0 Å². The molecule has 1 amide bonds. The zero-order chi connectivity index (χ0) is 14.8. The van der Waals surface area contributed by atoms with Crippen molar-refractivity contribution in [3.05, 3.63) is 47.9 Å². The summed E-state index contributed by atoms with van der Waals surface area (Å²) < 4.78 is 16.7. The molecule has 0 bridgehead atoms. The third-order valence-corrected chi connectivity index (χ3v) is 3.35. The van der Waals surface area contributed by atoms with Crippen molar-refractivity contribution in [1.82, 2.24) is 5.32 Å². The van der Waals surface area contributed by atoms with E-state index in [1.54, 1.807) is 6.07 Å². The van der Waals surface area contributed by atoms with Gasteiger partial charge in [-0.3, -0.25) is 4.79 Å². The van der Waals surface area contributed by atoms with Crippen LogP contribution < -0.4 is 14.8 Å². The highest BCUT2D eigenvalue weighted by atomic mass is 16.6. The summed E-state index contributed by atoms with van der Waals surface area (Å²) in [5.74, 6) is 2.57. The zero-order valence-corrected chi connectivity index (χ0v) is 12.0. The van der Waals surface area contributed by atoms with E-state index in [4.69, 9.17) is 13.9 Å². The molecule has 2 heterocycles. The standard InChI is InChI=1S/C16H17NO4/c1-10-7-8-12(20-10)11(2)17-16(18)15-9-19-13-5-3-4-6-14(13)21-15/h3-8,11,15H,9H2,1-2H3,(H,17,18)/t11-,15+/m1/s1. The average Bonchev–Trinajstić information content (AvgIpc) is 2.93. The van der Waals surface area contributed by atoms with E-state index in [0.29, 0.717) is 11.5 Å². The van der Waals surface area contributed by atoms with Gasteiger partial charge in [-0.25, -0.2) is 0 Å². The quantitative estimate of drug-likeness (QED) is 0.942. The molecule has 1 aliphatic heterocycles. The molecule has 3 rings (SSSR count). The van der Waals surface area contributed by atoms with Crippen LogP contribution in [-0.4, -0.2) is 18.6 Å². The largest absolute Gasteiger partial charge is 0.485 e. The first-order valence-electron chi connectivity index (χ1n) is 6.88. The van der Waals surface area contributed by atoms with Crippen LogP contribution in [0.5, 0.6) is 11.5 Å². The lowest BCUT2D eigenvalue weighted by atomic mass is 10.2. The Bertz CT molecular complexity index is 649. The smallest absolute Gasteiger partial charge is 0.265 e. The molecule has 21 heavy (non-hydrogen) atoms. The summed E-state index contributed by atoms with van der Waals surface area (Å²) >= 11 is 0. The van der Waals surface area contributed by atoms with Crippen LogP contribution >= 0.6 is 0 Å². The van der Waals surface area contributed by atoms with Crippen molar-refractivity contribution in [2.24, 2.45) is 0 Å². The van der Waals surface area contributed by atoms with Gasteiger partial charge in [0, 0.05) is 0 Å². The second-order valence-corrected chi connectivity index (χ2v) is 5.04. The Balaban J connectivity index is 1.64. The molecule has 0 unspecified atom stereocenters. The van der Waals surface area contributed by atoms with E-state index >= 15 is 0 Å². The molecule has 0 saturated carbocycles. The minimum absolute atomic E-state index is 0.201.